The summed E-state index contributed by atoms with van der Waals surface area (Å²) in [5.74, 6) is 0.149. The van der Waals surface area contributed by atoms with E-state index in [4.69, 9.17) is 16.0 Å². The van der Waals surface area contributed by atoms with Crippen molar-refractivity contribution < 1.29 is 8.81 Å². The molecule has 3 nitrogen and oxygen atoms in total. The van der Waals surface area contributed by atoms with Crippen LogP contribution in [-0.4, -0.2) is 13.1 Å². The molecule has 0 N–H and O–H groups in total. The second-order valence-electron chi connectivity index (χ2n) is 5.93. The number of nitrogens with zero attached hydrogens (tertiary/aromatic N) is 1. The maximum absolute atomic E-state index is 13.4. The van der Waals surface area contributed by atoms with Crippen molar-refractivity contribution in [1.29, 1.82) is 0 Å². The van der Waals surface area contributed by atoms with E-state index >= 15 is 0 Å². The van der Waals surface area contributed by atoms with E-state index in [9.17, 15) is 9.18 Å². The maximum Gasteiger partial charge on any atom is 0.204 e. The number of hydrogen-bond acceptors (Lipinski definition) is 4. The van der Waals surface area contributed by atoms with Crippen molar-refractivity contribution in [1.82, 2.24) is 0 Å². The third kappa shape index (κ3) is 2.72. The molecule has 1 saturated heterocycles. The van der Waals surface area contributed by atoms with Gasteiger partial charge in [-0.3, -0.25) is 4.79 Å². The van der Waals surface area contributed by atoms with E-state index in [0.717, 1.165) is 37.1 Å². The van der Waals surface area contributed by atoms with Crippen LogP contribution in [0.3, 0.4) is 0 Å². The first-order valence-electron chi connectivity index (χ1n) is 7.89. The van der Waals surface area contributed by atoms with Gasteiger partial charge < -0.3 is 9.32 Å². The van der Waals surface area contributed by atoms with Gasteiger partial charge in [0.05, 0.1) is 5.02 Å². The molecule has 2 aromatic heterocycles. The summed E-state index contributed by atoms with van der Waals surface area (Å²) in [5, 5.41) is 1.92. The number of benzene rings is 1. The first-order chi connectivity index (χ1) is 11.6. The van der Waals surface area contributed by atoms with Crippen LogP contribution in [0.2, 0.25) is 5.02 Å². The Kier molecular flexibility index (Phi) is 4.06. The molecule has 1 aliphatic rings. The fourth-order valence-corrected chi connectivity index (χ4v) is 4.16. The Morgan fingerprint density at radius 2 is 1.96 bits per heavy atom. The molecule has 6 heteroatoms. The highest BCUT2D eigenvalue weighted by atomic mass is 35.5. The summed E-state index contributed by atoms with van der Waals surface area (Å²) >= 11 is 7.23. The van der Waals surface area contributed by atoms with Crippen molar-refractivity contribution in [3.05, 3.63) is 50.7 Å². The summed E-state index contributed by atoms with van der Waals surface area (Å²) in [4.78, 5) is 14.6. The van der Waals surface area contributed by atoms with Gasteiger partial charge in [0.2, 0.25) is 5.43 Å². The number of fused-ring (bicyclic) bond motifs is 1. The molecule has 4 rings (SSSR count). The molecule has 0 saturated carbocycles. The average molecular weight is 364 g/mol. The van der Waals surface area contributed by atoms with Gasteiger partial charge in [0.15, 0.2) is 11.5 Å². The third-order valence-corrected chi connectivity index (χ3v) is 5.59. The van der Waals surface area contributed by atoms with Gasteiger partial charge in [-0.1, -0.05) is 17.7 Å². The Bertz CT molecular complexity index is 959. The molecule has 3 heterocycles. The Labute approximate surface area is 147 Å². The van der Waals surface area contributed by atoms with Gasteiger partial charge in [0, 0.05) is 30.1 Å². The Hall–Kier alpha value is -1.85. The summed E-state index contributed by atoms with van der Waals surface area (Å²) in [6.07, 6.45) is 3.42. The van der Waals surface area contributed by atoms with Crippen molar-refractivity contribution in [3.63, 3.8) is 0 Å². The first-order valence-corrected chi connectivity index (χ1v) is 9.15. The lowest BCUT2D eigenvalue weighted by Gasteiger charge is -2.26. The molecule has 0 radical (unpaired) electrons. The zero-order chi connectivity index (χ0) is 16.7. The van der Waals surface area contributed by atoms with Crippen LogP contribution >= 0.6 is 22.9 Å². The fraction of sp³-hybridized carbons (Fsp3) is 0.278. The monoisotopic (exact) mass is 363 g/mol. The molecule has 0 atom stereocenters. The molecule has 0 aliphatic carbocycles. The lowest BCUT2D eigenvalue weighted by Crippen LogP contribution is -2.29. The van der Waals surface area contributed by atoms with Crippen LogP contribution < -0.4 is 10.3 Å². The highest BCUT2D eigenvalue weighted by Gasteiger charge is 2.18. The SMILES string of the molecule is O=c1cc(N2CCCCC2)oc2c(-c3ccc(F)c(Cl)c3)csc12. The molecule has 124 valence electrons. The molecule has 24 heavy (non-hydrogen) atoms. The van der Waals surface area contributed by atoms with E-state index in [-0.39, 0.29) is 10.5 Å². The van der Waals surface area contributed by atoms with Crippen LogP contribution in [-0.2, 0) is 0 Å². The minimum absolute atomic E-state index is 0.0405. The van der Waals surface area contributed by atoms with E-state index in [0.29, 0.717) is 16.2 Å². The summed E-state index contributed by atoms with van der Waals surface area (Å²) < 4.78 is 20.1. The van der Waals surface area contributed by atoms with Crippen molar-refractivity contribution in [2.24, 2.45) is 0 Å². The zero-order valence-corrected chi connectivity index (χ0v) is 14.4. The minimum atomic E-state index is -0.463. The first kappa shape index (κ1) is 15.7. The summed E-state index contributed by atoms with van der Waals surface area (Å²) in [6.45, 7) is 1.80. The van der Waals surface area contributed by atoms with Crippen LogP contribution in [0, 0.1) is 5.82 Å². The van der Waals surface area contributed by atoms with Crippen molar-refractivity contribution in [2.45, 2.75) is 19.3 Å². The summed E-state index contributed by atoms with van der Waals surface area (Å²) in [6, 6.07) is 6.11. The van der Waals surface area contributed by atoms with Gasteiger partial charge in [-0.15, -0.1) is 11.3 Å². The predicted molar refractivity (Wildman–Crippen MR) is 96.8 cm³/mol. The van der Waals surface area contributed by atoms with E-state index in [1.807, 2.05) is 5.38 Å². The summed E-state index contributed by atoms with van der Waals surface area (Å²) in [7, 11) is 0. The average Bonchev–Trinajstić information content (AvgIpc) is 3.03. The van der Waals surface area contributed by atoms with Gasteiger partial charge in [-0.25, -0.2) is 4.39 Å². The Balaban J connectivity index is 1.86. The van der Waals surface area contributed by atoms with Gasteiger partial charge in [-0.2, -0.15) is 0 Å². The predicted octanol–water partition coefficient (Wildman–Crippen LogP) is 5.30. The molecule has 1 aliphatic heterocycles. The van der Waals surface area contributed by atoms with Crippen LogP contribution in [0.1, 0.15) is 19.3 Å². The van der Waals surface area contributed by atoms with E-state index < -0.39 is 5.82 Å². The molecule has 0 unspecified atom stereocenters. The molecular weight excluding hydrogens is 349 g/mol. The van der Waals surface area contributed by atoms with E-state index in [1.165, 1.54) is 23.8 Å². The lowest BCUT2D eigenvalue weighted by molar-refractivity contribution is 0.513. The number of anilines is 1. The number of rotatable bonds is 2. The molecule has 1 aromatic carbocycles. The number of halogens is 2. The number of hydrogen-bond donors (Lipinski definition) is 0. The van der Waals surface area contributed by atoms with Crippen molar-refractivity contribution in [3.8, 4) is 11.1 Å². The minimum Gasteiger partial charge on any atom is -0.439 e. The third-order valence-electron chi connectivity index (χ3n) is 4.33. The fourth-order valence-electron chi connectivity index (χ4n) is 3.06. The lowest BCUT2D eigenvalue weighted by atomic mass is 10.1. The largest absolute Gasteiger partial charge is 0.439 e. The van der Waals surface area contributed by atoms with E-state index in [2.05, 4.69) is 4.90 Å². The smallest absolute Gasteiger partial charge is 0.204 e. The van der Waals surface area contributed by atoms with Crippen molar-refractivity contribution in [2.75, 3.05) is 18.0 Å². The molecule has 0 bridgehead atoms. The number of thiophene rings is 1. The highest BCUT2D eigenvalue weighted by molar-refractivity contribution is 7.17. The zero-order valence-electron chi connectivity index (χ0n) is 12.9. The molecular formula is C18H15ClFNO2S. The Morgan fingerprint density at radius 3 is 2.71 bits per heavy atom. The van der Waals surface area contributed by atoms with Gasteiger partial charge >= 0.3 is 0 Å². The highest BCUT2D eigenvalue weighted by Crippen LogP contribution is 2.36. The summed E-state index contributed by atoms with van der Waals surface area (Å²) in [5.41, 5.74) is 2.02. The van der Waals surface area contributed by atoms with Crippen LogP contribution in [0.5, 0.6) is 0 Å². The van der Waals surface area contributed by atoms with Gasteiger partial charge in [0.25, 0.3) is 0 Å². The van der Waals surface area contributed by atoms with E-state index in [1.54, 1.807) is 18.2 Å². The molecule has 1 fully saturated rings. The standard InChI is InChI=1S/C18H15ClFNO2S/c19-13-8-11(4-5-14(13)20)12-10-24-18-15(22)9-16(23-17(12)18)21-6-2-1-3-7-21/h4-5,8-10H,1-3,6-7H2. The maximum atomic E-state index is 13.4. The molecule has 3 aromatic rings. The van der Waals surface area contributed by atoms with Gasteiger partial charge in [-0.05, 0) is 37.0 Å². The van der Waals surface area contributed by atoms with Crippen molar-refractivity contribution >= 4 is 39.1 Å². The quantitative estimate of drug-likeness (QED) is 0.619. The molecule has 0 spiro atoms. The molecule has 0 amide bonds. The topological polar surface area (TPSA) is 33.5 Å². The normalized spacial score (nSPS) is 15.2. The van der Waals surface area contributed by atoms with Crippen LogP contribution in [0.4, 0.5) is 10.3 Å². The van der Waals surface area contributed by atoms with Crippen LogP contribution in [0.25, 0.3) is 21.4 Å². The Morgan fingerprint density at radius 1 is 1.17 bits per heavy atom. The van der Waals surface area contributed by atoms with Crippen LogP contribution in [0.15, 0.2) is 38.9 Å². The second kappa shape index (κ2) is 6.22. The number of piperidine rings is 1. The van der Waals surface area contributed by atoms with Gasteiger partial charge in [0.1, 0.15) is 10.5 Å². The second-order valence-corrected chi connectivity index (χ2v) is 7.22.